The van der Waals surface area contributed by atoms with Crippen LogP contribution in [-0.2, 0) is 25.3 Å². The first-order chi connectivity index (χ1) is 16.7. The molecule has 2 atom stereocenters. The minimum absolute atomic E-state index is 0.0218. The Morgan fingerprint density at radius 1 is 1.11 bits per heavy atom. The number of rotatable bonds is 4. The average molecular weight is 500 g/mol. The van der Waals surface area contributed by atoms with Crippen LogP contribution in [0, 0.1) is 5.41 Å². The van der Waals surface area contributed by atoms with Crippen LogP contribution in [0.2, 0.25) is 0 Å². The topological polar surface area (TPSA) is 88.5 Å². The van der Waals surface area contributed by atoms with Gasteiger partial charge in [-0.25, -0.2) is 4.79 Å². The van der Waals surface area contributed by atoms with Gasteiger partial charge in [-0.15, -0.1) is 0 Å². The van der Waals surface area contributed by atoms with Crippen LogP contribution in [0.4, 0.5) is 4.79 Å². The highest BCUT2D eigenvalue weighted by atomic mass is 16.7. The highest BCUT2D eigenvalue weighted by molar-refractivity contribution is 6.62. The molecule has 198 valence electrons. The molecule has 0 bridgehead atoms. The number of benzene rings is 1. The van der Waals surface area contributed by atoms with Gasteiger partial charge in [0, 0.05) is 20.2 Å². The molecule has 2 amide bonds. The molecule has 2 saturated heterocycles. The van der Waals surface area contributed by atoms with Crippen LogP contribution in [-0.4, -0.2) is 72.0 Å². The third-order valence-electron chi connectivity index (χ3n) is 8.32. The molecule has 2 unspecified atom stereocenters. The second-order valence-electron chi connectivity index (χ2n) is 12.4. The second-order valence-corrected chi connectivity index (χ2v) is 12.4. The fourth-order valence-corrected chi connectivity index (χ4v) is 5.91. The lowest BCUT2D eigenvalue weighted by Crippen LogP contribution is -2.48. The van der Waals surface area contributed by atoms with Crippen molar-refractivity contribution in [3.05, 3.63) is 28.8 Å². The molecule has 1 aromatic rings. The van der Waals surface area contributed by atoms with Crippen molar-refractivity contribution < 1.29 is 28.7 Å². The van der Waals surface area contributed by atoms with Crippen molar-refractivity contribution in [2.75, 3.05) is 26.8 Å². The van der Waals surface area contributed by atoms with Gasteiger partial charge in [0.2, 0.25) is 5.91 Å². The maximum absolute atomic E-state index is 13.1. The fourth-order valence-electron chi connectivity index (χ4n) is 5.91. The molecule has 0 aromatic heterocycles. The van der Waals surface area contributed by atoms with Crippen molar-refractivity contribution in [1.82, 2.24) is 9.80 Å². The number of fused-ring (bicyclic) bond motifs is 1. The first-order valence-corrected chi connectivity index (χ1v) is 13.0. The maximum Gasteiger partial charge on any atom is 0.494 e. The highest BCUT2D eigenvalue weighted by Crippen LogP contribution is 2.47. The SMILES string of the molecule is COCC(=O)N1CCc2cc(B3OC(C)(C)C(C)(C)O3)cc(C3CCCN3C(=O)O)c2C1C(C)(C)C. The number of amides is 2. The second kappa shape index (κ2) is 9.33. The van der Waals surface area contributed by atoms with E-state index in [9.17, 15) is 14.7 Å². The van der Waals surface area contributed by atoms with Gasteiger partial charge >= 0.3 is 13.2 Å². The van der Waals surface area contributed by atoms with Gasteiger partial charge in [-0.2, -0.15) is 0 Å². The van der Waals surface area contributed by atoms with E-state index in [1.807, 2.05) is 32.6 Å². The molecule has 4 rings (SSSR count). The normalized spacial score (nSPS) is 25.3. The lowest BCUT2D eigenvalue weighted by molar-refractivity contribution is -0.140. The molecule has 3 heterocycles. The van der Waals surface area contributed by atoms with E-state index >= 15 is 0 Å². The van der Waals surface area contributed by atoms with Crippen molar-refractivity contribution >= 4 is 24.6 Å². The quantitative estimate of drug-likeness (QED) is 0.631. The van der Waals surface area contributed by atoms with Gasteiger partial charge in [-0.05, 0) is 74.5 Å². The van der Waals surface area contributed by atoms with E-state index in [4.69, 9.17) is 14.0 Å². The Kier molecular flexibility index (Phi) is 6.99. The van der Waals surface area contributed by atoms with Gasteiger partial charge in [-0.3, -0.25) is 4.79 Å². The molecule has 2 fully saturated rings. The summed E-state index contributed by atoms with van der Waals surface area (Å²) in [6.45, 7) is 15.6. The Morgan fingerprint density at radius 2 is 1.75 bits per heavy atom. The van der Waals surface area contributed by atoms with Crippen LogP contribution < -0.4 is 5.46 Å². The number of hydrogen-bond donors (Lipinski definition) is 1. The molecule has 3 aliphatic rings. The van der Waals surface area contributed by atoms with E-state index in [2.05, 4.69) is 32.9 Å². The smallest absolute Gasteiger partial charge is 0.465 e. The van der Waals surface area contributed by atoms with Crippen LogP contribution in [0.1, 0.15) is 90.1 Å². The van der Waals surface area contributed by atoms with Gasteiger partial charge in [0.25, 0.3) is 0 Å². The number of ether oxygens (including phenoxy) is 1. The summed E-state index contributed by atoms with van der Waals surface area (Å²) in [7, 11) is 0.993. The predicted octanol–water partition coefficient (Wildman–Crippen LogP) is 3.92. The predicted molar refractivity (Wildman–Crippen MR) is 138 cm³/mol. The molecule has 1 aromatic carbocycles. The first-order valence-electron chi connectivity index (χ1n) is 13.0. The third kappa shape index (κ3) is 4.66. The fraction of sp³-hybridized carbons (Fsp3) is 0.704. The summed E-state index contributed by atoms with van der Waals surface area (Å²) in [5.74, 6) is -0.0504. The Bertz CT molecular complexity index is 1020. The number of likely N-dealkylation sites (tertiary alicyclic amines) is 1. The van der Waals surface area contributed by atoms with Crippen molar-refractivity contribution in [2.45, 2.75) is 91.0 Å². The molecule has 0 radical (unpaired) electrons. The van der Waals surface area contributed by atoms with Crippen LogP contribution in [0.15, 0.2) is 12.1 Å². The molecule has 9 heteroatoms. The van der Waals surface area contributed by atoms with E-state index in [-0.39, 0.29) is 30.0 Å². The van der Waals surface area contributed by atoms with Gasteiger partial charge in [0.15, 0.2) is 0 Å². The van der Waals surface area contributed by atoms with Crippen molar-refractivity contribution in [3.8, 4) is 0 Å². The summed E-state index contributed by atoms with van der Waals surface area (Å²) in [6, 6.07) is 3.75. The summed E-state index contributed by atoms with van der Waals surface area (Å²) in [5.41, 5.74) is 2.84. The standard InChI is InChI=1S/C27H41BN2O6/c1-25(2,3)23-22-17(11-13-30(23)21(31)16-34-8)14-18(28-35-26(4,5)27(6,7)36-28)15-19(22)20-10-9-12-29(20)24(32)33/h14-15,20,23H,9-13,16H2,1-8H3,(H,32,33). The molecule has 1 N–H and O–H groups in total. The lowest BCUT2D eigenvalue weighted by atomic mass is 9.69. The molecule has 0 spiro atoms. The summed E-state index contributed by atoms with van der Waals surface area (Å²) >= 11 is 0. The van der Waals surface area contributed by atoms with Crippen LogP contribution in [0.3, 0.4) is 0 Å². The molecule has 8 nitrogen and oxygen atoms in total. The number of nitrogens with zero attached hydrogens (tertiary/aromatic N) is 2. The van der Waals surface area contributed by atoms with E-state index in [1.54, 1.807) is 4.90 Å². The summed E-state index contributed by atoms with van der Waals surface area (Å²) in [5, 5.41) is 10.00. The van der Waals surface area contributed by atoms with Crippen molar-refractivity contribution in [3.63, 3.8) is 0 Å². The number of carbonyl (C=O) groups excluding carboxylic acids is 1. The van der Waals surface area contributed by atoms with Crippen molar-refractivity contribution in [1.29, 1.82) is 0 Å². The molecule has 36 heavy (non-hydrogen) atoms. The van der Waals surface area contributed by atoms with Crippen LogP contribution in [0.5, 0.6) is 0 Å². The number of methoxy groups -OCH3 is 1. The van der Waals surface area contributed by atoms with Gasteiger partial charge in [-0.1, -0.05) is 32.9 Å². The average Bonchev–Trinajstić information content (AvgIpc) is 3.33. The Hall–Kier alpha value is -2.10. The van der Waals surface area contributed by atoms with Gasteiger partial charge < -0.3 is 29.0 Å². The van der Waals surface area contributed by atoms with Crippen LogP contribution in [0.25, 0.3) is 0 Å². The monoisotopic (exact) mass is 500 g/mol. The highest BCUT2D eigenvalue weighted by Gasteiger charge is 2.52. The van der Waals surface area contributed by atoms with Crippen LogP contribution >= 0.6 is 0 Å². The Morgan fingerprint density at radius 3 is 2.31 bits per heavy atom. The lowest BCUT2D eigenvalue weighted by Gasteiger charge is -2.46. The zero-order valence-corrected chi connectivity index (χ0v) is 23.0. The summed E-state index contributed by atoms with van der Waals surface area (Å²) in [4.78, 5) is 28.8. The molecule has 3 aliphatic heterocycles. The summed E-state index contributed by atoms with van der Waals surface area (Å²) in [6.07, 6.45) is 1.31. The molecular formula is C27H41BN2O6. The number of carbonyl (C=O) groups is 2. The van der Waals surface area contributed by atoms with Crippen molar-refractivity contribution in [2.24, 2.45) is 5.41 Å². The Balaban J connectivity index is 1.89. The van der Waals surface area contributed by atoms with E-state index in [1.165, 1.54) is 7.11 Å². The zero-order chi connectivity index (χ0) is 26.6. The Labute approximate surface area is 215 Å². The third-order valence-corrected chi connectivity index (χ3v) is 8.32. The molecule has 0 aliphatic carbocycles. The largest absolute Gasteiger partial charge is 0.494 e. The van der Waals surface area contributed by atoms with Gasteiger partial charge in [0.05, 0.1) is 23.3 Å². The first kappa shape index (κ1) is 27.0. The number of carboxylic acid groups (broad SMARTS) is 1. The zero-order valence-electron chi connectivity index (χ0n) is 23.0. The number of hydrogen-bond acceptors (Lipinski definition) is 5. The summed E-state index contributed by atoms with van der Waals surface area (Å²) < 4.78 is 18.0. The van der Waals surface area contributed by atoms with E-state index in [0.717, 1.165) is 35.0 Å². The minimum Gasteiger partial charge on any atom is -0.465 e. The molecular weight excluding hydrogens is 459 g/mol. The van der Waals surface area contributed by atoms with E-state index < -0.39 is 24.4 Å². The van der Waals surface area contributed by atoms with Gasteiger partial charge in [0.1, 0.15) is 6.61 Å². The maximum atomic E-state index is 13.1. The van der Waals surface area contributed by atoms with E-state index in [0.29, 0.717) is 19.5 Å². The molecule has 0 saturated carbocycles. The minimum atomic E-state index is -0.914.